The van der Waals surface area contributed by atoms with E-state index in [1.807, 2.05) is 19.1 Å². The molecule has 2 rings (SSSR count). The van der Waals surface area contributed by atoms with Crippen molar-refractivity contribution in [2.75, 3.05) is 13.3 Å². The van der Waals surface area contributed by atoms with Crippen LogP contribution in [0.4, 0.5) is 0 Å². The molecule has 0 heterocycles. The molecule has 4 atom stereocenters. The molecule has 1 aliphatic rings. The van der Waals surface area contributed by atoms with Crippen molar-refractivity contribution in [1.29, 1.82) is 0 Å². The van der Waals surface area contributed by atoms with Crippen molar-refractivity contribution in [2.45, 2.75) is 71.4 Å². The molecule has 0 radical (unpaired) electrons. The number of phenolic OH excluding ortho intramolecular Hbond substituents is 1. The molecule has 3 N–H and O–H groups in total. The fourth-order valence-corrected chi connectivity index (χ4v) is 4.90. The molecule has 6 heteroatoms. The molecule has 0 saturated carbocycles. The van der Waals surface area contributed by atoms with Gasteiger partial charge in [0.05, 0.1) is 9.80 Å². The summed E-state index contributed by atoms with van der Waals surface area (Å²) < 4.78 is 27.9. The van der Waals surface area contributed by atoms with Crippen LogP contribution in [0.2, 0.25) is 0 Å². The topological polar surface area (TPSA) is 78.8 Å². The zero-order chi connectivity index (χ0) is 23.2. The Morgan fingerprint density at radius 1 is 1.42 bits per heavy atom. The van der Waals surface area contributed by atoms with Crippen LogP contribution in [0.1, 0.15) is 69.9 Å². The molecular weight excluding hydrogens is 410 g/mol. The van der Waals surface area contributed by atoms with E-state index in [0.29, 0.717) is 5.75 Å². The molecule has 0 amide bonds. The molecule has 1 aliphatic carbocycles. The van der Waals surface area contributed by atoms with E-state index < -0.39 is 16.0 Å². The van der Waals surface area contributed by atoms with Crippen LogP contribution in [0.3, 0.4) is 0 Å². The van der Waals surface area contributed by atoms with Crippen molar-refractivity contribution in [3.63, 3.8) is 0 Å². The lowest BCUT2D eigenvalue weighted by Crippen LogP contribution is -2.35. The van der Waals surface area contributed by atoms with E-state index in [9.17, 15) is 13.9 Å². The predicted molar refractivity (Wildman–Crippen MR) is 132 cm³/mol. The lowest BCUT2D eigenvalue weighted by Gasteiger charge is -2.32. The number of benzene rings is 1. The number of ether oxygens (including phenoxy) is 1. The number of unbranched alkanes of at least 4 members (excludes halogenated alkanes) is 2. The van der Waals surface area contributed by atoms with Crippen LogP contribution in [0.5, 0.6) is 11.5 Å². The van der Waals surface area contributed by atoms with Crippen LogP contribution in [-0.4, -0.2) is 38.8 Å². The van der Waals surface area contributed by atoms with Gasteiger partial charge < -0.3 is 14.4 Å². The Bertz CT molecular complexity index is 920. The first kappa shape index (κ1) is 25.5. The highest BCUT2D eigenvalue weighted by Gasteiger charge is 2.31. The average molecular weight is 450 g/mol. The van der Waals surface area contributed by atoms with Gasteiger partial charge in [-0.15, -0.1) is 0 Å². The lowest BCUT2D eigenvalue weighted by atomic mass is 9.73. The molecule has 31 heavy (non-hydrogen) atoms. The first-order valence-electron chi connectivity index (χ1n) is 11.1. The van der Waals surface area contributed by atoms with Crippen LogP contribution in [0, 0.1) is 5.92 Å². The molecule has 174 valence electrons. The maximum Gasteiger partial charge on any atom is 0.179 e. The molecule has 5 nitrogen and oxygen atoms in total. The molecule has 1 aromatic rings. The first-order chi connectivity index (χ1) is 14.6. The number of nitrogens with one attached hydrogen (secondary N) is 1. The molecular formula is C25H39NO4S. The summed E-state index contributed by atoms with van der Waals surface area (Å²) in [4.78, 5) is 0. The number of hydrogen-bond donors (Lipinski definition) is 3. The highest BCUT2D eigenvalue weighted by molar-refractivity contribution is 7.95. The van der Waals surface area contributed by atoms with E-state index in [-0.39, 0.29) is 17.6 Å². The summed E-state index contributed by atoms with van der Waals surface area (Å²) in [5, 5.41) is 15.3. The SMILES string of the molecule is C=C(C)[C@@H]1CCC(C)=C[C@H]1c1c(O)cc(CCCCC)cc1OC(C=S(C)(=O)O)NC. The summed E-state index contributed by atoms with van der Waals surface area (Å²) in [6.45, 7) is 10.5. The Labute approximate surface area is 188 Å². The van der Waals surface area contributed by atoms with Crippen molar-refractivity contribution in [1.82, 2.24) is 5.32 Å². The highest BCUT2D eigenvalue weighted by Crippen LogP contribution is 2.47. The zero-order valence-corrected chi connectivity index (χ0v) is 20.4. The second-order valence-corrected chi connectivity index (χ2v) is 10.8. The van der Waals surface area contributed by atoms with Crippen LogP contribution < -0.4 is 10.1 Å². The Hall–Kier alpha value is -1.76. The third kappa shape index (κ3) is 7.41. The number of rotatable bonds is 10. The Kier molecular flexibility index (Phi) is 9.22. The molecule has 0 saturated heterocycles. The van der Waals surface area contributed by atoms with E-state index in [2.05, 4.69) is 31.8 Å². The smallest absolute Gasteiger partial charge is 0.179 e. The quantitative estimate of drug-likeness (QED) is 0.197. The van der Waals surface area contributed by atoms with Crippen molar-refractivity contribution >= 4 is 15.2 Å². The van der Waals surface area contributed by atoms with Crippen molar-refractivity contribution in [3.8, 4) is 11.5 Å². The van der Waals surface area contributed by atoms with Crippen molar-refractivity contribution < 1.29 is 18.6 Å². The summed E-state index contributed by atoms with van der Waals surface area (Å²) in [5.41, 5.74) is 4.09. The van der Waals surface area contributed by atoms with Gasteiger partial charge in [0.15, 0.2) is 6.23 Å². The average Bonchev–Trinajstić information content (AvgIpc) is 2.66. The predicted octanol–water partition coefficient (Wildman–Crippen LogP) is 5.25. The van der Waals surface area contributed by atoms with E-state index >= 15 is 0 Å². The second-order valence-electron chi connectivity index (χ2n) is 8.84. The van der Waals surface area contributed by atoms with Crippen LogP contribution in [0.25, 0.3) is 0 Å². The third-order valence-electron chi connectivity index (χ3n) is 5.88. The van der Waals surface area contributed by atoms with Gasteiger partial charge in [0, 0.05) is 23.1 Å². The molecule has 0 fully saturated rings. The Morgan fingerprint density at radius 2 is 2.13 bits per heavy atom. The van der Waals surface area contributed by atoms with Gasteiger partial charge in [-0.3, -0.25) is 5.32 Å². The fraction of sp³-hybridized carbons (Fsp3) is 0.560. The van der Waals surface area contributed by atoms with E-state index in [0.717, 1.165) is 55.2 Å². The van der Waals surface area contributed by atoms with Gasteiger partial charge in [0.2, 0.25) is 0 Å². The van der Waals surface area contributed by atoms with Gasteiger partial charge in [-0.25, -0.2) is 4.21 Å². The number of allylic oxidation sites excluding steroid dienone is 3. The maximum absolute atomic E-state index is 11.9. The molecule has 0 spiro atoms. The minimum absolute atomic E-state index is 0.0523. The van der Waals surface area contributed by atoms with Crippen LogP contribution in [0.15, 0.2) is 35.9 Å². The Morgan fingerprint density at radius 3 is 2.71 bits per heavy atom. The van der Waals surface area contributed by atoms with Gasteiger partial charge in [-0.05, 0) is 70.2 Å². The van der Waals surface area contributed by atoms with Crippen LogP contribution >= 0.6 is 0 Å². The molecule has 0 aromatic heterocycles. The van der Waals surface area contributed by atoms with Crippen LogP contribution in [-0.2, 0) is 16.2 Å². The summed E-state index contributed by atoms with van der Waals surface area (Å²) in [5.74, 6) is 0.909. The summed E-state index contributed by atoms with van der Waals surface area (Å²) in [6, 6.07) is 3.82. The summed E-state index contributed by atoms with van der Waals surface area (Å²) >= 11 is 0. The second kappa shape index (κ2) is 11.2. The van der Waals surface area contributed by atoms with Crippen molar-refractivity contribution in [3.05, 3.63) is 47.1 Å². The fourth-order valence-electron chi connectivity index (χ4n) is 4.25. The number of aromatic hydroxyl groups is 1. The maximum atomic E-state index is 11.9. The van der Waals surface area contributed by atoms with E-state index in [1.165, 1.54) is 17.2 Å². The van der Waals surface area contributed by atoms with Crippen molar-refractivity contribution in [2.24, 2.45) is 5.92 Å². The first-order valence-corrected chi connectivity index (χ1v) is 13.1. The largest absolute Gasteiger partial charge is 0.507 e. The van der Waals surface area contributed by atoms with Gasteiger partial charge in [-0.2, -0.15) is 0 Å². The standard InChI is InChI=1S/C25H39NO4S/c1-7-8-9-10-19-14-22(27)25(21-13-18(4)11-12-20(21)17(2)3)23(15-19)30-24(26-5)16-31(6,28)29/h13-16,20-21,24,26-27H,2,7-12H2,1,3-6H3,(H,28,29)/t20-,21+,24?/m0/s1. The summed E-state index contributed by atoms with van der Waals surface area (Å²) in [7, 11) is -1.44. The third-order valence-corrected chi connectivity index (χ3v) is 6.63. The number of hydrogen-bond acceptors (Lipinski definition) is 4. The minimum Gasteiger partial charge on any atom is -0.507 e. The van der Waals surface area contributed by atoms with E-state index in [1.54, 1.807) is 7.05 Å². The van der Waals surface area contributed by atoms with Gasteiger partial charge in [0.1, 0.15) is 11.5 Å². The Balaban J connectivity index is 2.58. The molecule has 0 bridgehead atoms. The normalized spacial score (nSPS) is 21.7. The van der Waals surface area contributed by atoms with Gasteiger partial charge in [0.25, 0.3) is 0 Å². The van der Waals surface area contributed by atoms with E-state index in [4.69, 9.17) is 4.74 Å². The summed E-state index contributed by atoms with van der Waals surface area (Å²) in [6.07, 6.45) is 8.80. The molecule has 1 aromatic carbocycles. The van der Waals surface area contributed by atoms with Gasteiger partial charge in [-0.1, -0.05) is 43.6 Å². The zero-order valence-electron chi connectivity index (χ0n) is 19.6. The monoisotopic (exact) mass is 449 g/mol. The number of phenols is 1. The highest BCUT2D eigenvalue weighted by atomic mass is 32.2. The van der Waals surface area contributed by atoms with Gasteiger partial charge >= 0.3 is 0 Å². The molecule has 2 unspecified atom stereocenters. The lowest BCUT2D eigenvalue weighted by molar-refractivity contribution is 0.239. The molecule has 0 aliphatic heterocycles. The number of aryl methyl sites for hydroxylation is 1. The minimum atomic E-state index is -3.12.